The molecule has 0 radical (unpaired) electrons. The smallest absolute Gasteiger partial charge is 0.420 e. The fraction of sp³-hybridized carbons (Fsp3) is 0.517. The van der Waals surface area contributed by atoms with E-state index in [1.54, 1.807) is 39.0 Å². The molecule has 2 fully saturated rings. The van der Waals surface area contributed by atoms with E-state index in [-0.39, 0.29) is 47.9 Å². The maximum Gasteiger partial charge on any atom is 0.420 e. The molecule has 12 nitrogen and oxygen atoms in total. The van der Waals surface area contributed by atoms with Crippen LogP contribution in [-0.4, -0.2) is 77.9 Å². The van der Waals surface area contributed by atoms with Crippen molar-refractivity contribution in [3.8, 4) is 17.5 Å². The van der Waals surface area contributed by atoms with E-state index in [1.165, 1.54) is 14.1 Å². The fourth-order valence-electron chi connectivity index (χ4n) is 5.66. The molecule has 4 aromatic heterocycles. The molecule has 238 valence electrons. The summed E-state index contributed by atoms with van der Waals surface area (Å²) in [7, 11) is 0. The molecule has 1 amide bonds. The van der Waals surface area contributed by atoms with Crippen LogP contribution in [0.4, 0.5) is 28.3 Å². The predicted molar refractivity (Wildman–Crippen MR) is 153 cm³/mol. The average Bonchev–Trinajstić information content (AvgIpc) is 3.53. The molecule has 0 aliphatic carbocycles. The van der Waals surface area contributed by atoms with Crippen LogP contribution < -0.4 is 5.32 Å². The summed E-state index contributed by atoms with van der Waals surface area (Å²) in [4.78, 5) is 22.0. The number of nitriles is 1. The van der Waals surface area contributed by atoms with E-state index >= 15 is 0 Å². The number of fused-ring (bicyclic) bond motifs is 3. The van der Waals surface area contributed by atoms with Crippen molar-refractivity contribution in [3.63, 3.8) is 0 Å². The highest BCUT2D eigenvalue weighted by Crippen LogP contribution is 2.41. The Morgan fingerprint density at radius 1 is 1.16 bits per heavy atom. The van der Waals surface area contributed by atoms with E-state index in [0.717, 1.165) is 12.8 Å². The number of halogens is 4. The maximum atomic E-state index is 14.7. The first-order chi connectivity index (χ1) is 21.3. The highest BCUT2D eigenvalue weighted by molar-refractivity contribution is 6.03. The van der Waals surface area contributed by atoms with Crippen molar-refractivity contribution in [1.29, 1.82) is 5.26 Å². The van der Waals surface area contributed by atoms with Gasteiger partial charge in [-0.25, -0.2) is 28.4 Å². The number of hydrogen-bond acceptors (Lipinski definition) is 9. The molecule has 2 aliphatic rings. The topological polar surface area (TPSA) is 135 Å². The number of carbonyl (C=O) groups is 1. The molecular formula is C29H31F4N9O3. The summed E-state index contributed by atoms with van der Waals surface area (Å²) in [6.07, 6.45) is -4.69. The summed E-state index contributed by atoms with van der Waals surface area (Å²) < 4.78 is 72.1. The van der Waals surface area contributed by atoms with Gasteiger partial charge >= 0.3 is 12.3 Å². The van der Waals surface area contributed by atoms with Crippen LogP contribution in [0, 0.1) is 11.3 Å². The highest BCUT2D eigenvalue weighted by atomic mass is 19.4. The third kappa shape index (κ3) is 6.08. The minimum absolute atomic E-state index is 0.0257. The van der Waals surface area contributed by atoms with Crippen molar-refractivity contribution >= 4 is 28.6 Å². The van der Waals surface area contributed by atoms with Crippen LogP contribution in [0.25, 0.3) is 27.9 Å². The number of alkyl halides is 4. The number of likely N-dealkylation sites (tertiary alicyclic amines) is 1. The number of hydrogen-bond donors (Lipinski definition) is 1. The van der Waals surface area contributed by atoms with E-state index in [2.05, 4.69) is 31.6 Å². The number of anilines is 1. The molecule has 1 unspecified atom stereocenters. The van der Waals surface area contributed by atoms with Gasteiger partial charge in [0.25, 0.3) is 0 Å². The minimum Gasteiger partial charge on any atom is -0.444 e. The monoisotopic (exact) mass is 629 g/mol. The molecule has 16 heteroatoms. The molecule has 0 aromatic carbocycles. The van der Waals surface area contributed by atoms with Gasteiger partial charge < -0.3 is 19.7 Å². The lowest BCUT2D eigenvalue weighted by molar-refractivity contribution is -0.137. The van der Waals surface area contributed by atoms with E-state index in [1.807, 2.05) is 0 Å². The number of rotatable bonds is 4. The zero-order valence-electron chi connectivity index (χ0n) is 24.8. The lowest BCUT2D eigenvalue weighted by Gasteiger charge is -2.36. The van der Waals surface area contributed by atoms with Crippen molar-refractivity contribution in [2.24, 2.45) is 0 Å². The Morgan fingerprint density at radius 2 is 1.96 bits per heavy atom. The Labute approximate surface area is 254 Å². The van der Waals surface area contributed by atoms with Crippen molar-refractivity contribution < 1.29 is 31.8 Å². The first-order valence-corrected chi connectivity index (χ1v) is 14.6. The Balaban J connectivity index is 1.44. The van der Waals surface area contributed by atoms with Gasteiger partial charge in [0.15, 0.2) is 11.9 Å². The number of nitrogens with zero attached hydrogens (tertiary/aromatic N) is 8. The number of aromatic nitrogens is 6. The first-order valence-electron chi connectivity index (χ1n) is 14.6. The van der Waals surface area contributed by atoms with Crippen LogP contribution in [-0.2, 0) is 15.7 Å². The van der Waals surface area contributed by atoms with Gasteiger partial charge in [0, 0.05) is 31.8 Å². The second-order valence-electron chi connectivity index (χ2n) is 12.1. The highest BCUT2D eigenvalue weighted by Gasteiger charge is 2.39. The van der Waals surface area contributed by atoms with Crippen molar-refractivity contribution in [1.82, 2.24) is 34.3 Å². The van der Waals surface area contributed by atoms with Gasteiger partial charge in [0.2, 0.25) is 5.95 Å². The van der Waals surface area contributed by atoms with Gasteiger partial charge in [0.1, 0.15) is 40.5 Å². The standard InChI is InChI=1S/C29H31F4N9O3/c1-28(2,3)45-27(43)40-14-16(30)11-17(15-40)36-26-35-13-19(29(31,32)33)23(37-26)24-22-20-8-6-7-18(12-34)41(20)39-25(22)42(38-24)21-9-4-5-10-44-21/h6-8,13,16-17,21H,4-5,9-11,14-15H2,1-3H3,(H,35,36,37)/t16-,17-,21?/m0/s1. The van der Waals surface area contributed by atoms with Crippen LogP contribution in [0.15, 0.2) is 24.4 Å². The summed E-state index contributed by atoms with van der Waals surface area (Å²) in [6, 6.07) is 6.13. The Morgan fingerprint density at radius 3 is 2.64 bits per heavy atom. The van der Waals surface area contributed by atoms with Crippen LogP contribution in [0.3, 0.4) is 0 Å². The molecule has 3 atom stereocenters. The second-order valence-corrected chi connectivity index (χ2v) is 12.1. The van der Waals surface area contributed by atoms with Gasteiger partial charge in [-0.1, -0.05) is 6.07 Å². The molecule has 2 aliphatic heterocycles. The Kier molecular flexibility index (Phi) is 7.76. The maximum absolute atomic E-state index is 14.7. The van der Waals surface area contributed by atoms with Crippen LogP contribution in [0.5, 0.6) is 0 Å². The Bertz CT molecular complexity index is 1780. The number of carbonyl (C=O) groups excluding carboxylic acids is 1. The molecular weight excluding hydrogens is 598 g/mol. The molecule has 45 heavy (non-hydrogen) atoms. The summed E-state index contributed by atoms with van der Waals surface area (Å²) in [6.45, 7) is 5.38. The van der Waals surface area contributed by atoms with E-state index < -0.39 is 47.6 Å². The van der Waals surface area contributed by atoms with Crippen LogP contribution in [0.2, 0.25) is 0 Å². The summed E-state index contributed by atoms with van der Waals surface area (Å²) in [5, 5.41) is 22.0. The fourth-order valence-corrected chi connectivity index (χ4v) is 5.66. The van der Waals surface area contributed by atoms with Gasteiger partial charge in [-0.2, -0.15) is 23.5 Å². The van der Waals surface area contributed by atoms with Crippen molar-refractivity contribution in [3.05, 3.63) is 35.7 Å². The normalized spacial score (nSPS) is 21.2. The van der Waals surface area contributed by atoms with Crippen LogP contribution in [0.1, 0.15) is 63.9 Å². The Hall–Kier alpha value is -4.52. The number of ether oxygens (including phenoxy) is 2. The van der Waals surface area contributed by atoms with E-state index in [9.17, 15) is 27.6 Å². The molecule has 0 spiro atoms. The van der Waals surface area contributed by atoms with E-state index in [4.69, 9.17) is 9.47 Å². The second kappa shape index (κ2) is 11.4. The quantitative estimate of drug-likeness (QED) is 0.291. The third-order valence-corrected chi connectivity index (χ3v) is 7.55. The SMILES string of the molecule is CC(C)(C)OC(=O)N1C[C@@H](F)C[C@H](Nc2ncc(C(F)(F)F)c(-c3nn(C4CCCCO4)c4nn5c(C#N)cccc5c34)n2)C1. The van der Waals surface area contributed by atoms with Gasteiger partial charge in [0.05, 0.1) is 17.4 Å². The third-order valence-electron chi connectivity index (χ3n) is 7.55. The largest absolute Gasteiger partial charge is 0.444 e. The summed E-state index contributed by atoms with van der Waals surface area (Å²) in [5.74, 6) is -0.202. The molecule has 6 heterocycles. The number of piperidine rings is 1. The minimum atomic E-state index is -4.85. The average molecular weight is 630 g/mol. The zero-order valence-corrected chi connectivity index (χ0v) is 24.8. The number of amides is 1. The number of pyridine rings is 1. The predicted octanol–water partition coefficient (Wildman–Crippen LogP) is 5.49. The first kappa shape index (κ1) is 30.5. The summed E-state index contributed by atoms with van der Waals surface area (Å²) >= 11 is 0. The molecule has 0 saturated carbocycles. The summed E-state index contributed by atoms with van der Waals surface area (Å²) in [5.41, 5.74) is -1.79. The van der Waals surface area contributed by atoms with Gasteiger partial charge in [-0.05, 0) is 52.2 Å². The van der Waals surface area contributed by atoms with Gasteiger partial charge in [-0.15, -0.1) is 5.10 Å². The molecule has 0 bridgehead atoms. The lowest BCUT2D eigenvalue weighted by Crippen LogP contribution is -2.51. The van der Waals surface area contributed by atoms with Crippen molar-refractivity contribution in [2.45, 2.75) is 76.7 Å². The lowest BCUT2D eigenvalue weighted by atomic mass is 10.0. The molecule has 4 aromatic rings. The molecule has 1 N–H and O–H groups in total. The van der Waals surface area contributed by atoms with Gasteiger partial charge in [-0.3, -0.25) is 0 Å². The van der Waals surface area contributed by atoms with Crippen LogP contribution >= 0.6 is 0 Å². The molecule has 6 rings (SSSR count). The molecule has 2 saturated heterocycles. The number of nitrogens with one attached hydrogen (secondary N) is 1. The van der Waals surface area contributed by atoms with E-state index in [0.29, 0.717) is 24.7 Å². The zero-order chi connectivity index (χ0) is 32.1. The van der Waals surface area contributed by atoms with Crippen molar-refractivity contribution in [2.75, 3.05) is 25.0 Å².